The molecule has 0 bridgehead atoms. The van der Waals surface area contributed by atoms with E-state index >= 15 is 0 Å². The Kier molecular flexibility index (Phi) is 7.79. The summed E-state index contributed by atoms with van der Waals surface area (Å²) in [7, 11) is -1.58. The van der Waals surface area contributed by atoms with Crippen LogP contribution in [0.4, 0.5) is 0 Å². The van der Waals surface area contributed by atoms with E-state index in [0.29, 0.717) is 11.4 Å². The van der Waals surface area contributed by atoms with E-state index in [4.69, 9.17) is 0 Å². The molecule has 122 valence electrons. The lowest BCUT2D eigenvalue weighted by atomic mass is 10.4. The maximum absolute atomic E-state index is 12.4. The van der Waals surface area contributed by atoms with Gasteiger partial charge < -0.3 is 9.88 Å². The van der Waals surface area contributed by atoms with Crippen molar-refractivity contribution in [3.8, 4) is 0 Å². The molecular weight excluding hydrogens is 306 g/mol. The zero-order valence-corrected chi connectivity index (χ0v) is 15.0. The summed E-state index contributed by atoms with van der Waals surface area (Å²) in [5.41, 5.74) is 0.996. The van der Waals surface area contributed by atoms with Crippen LogP contribution in [0.5, 0.6) is 0 Å². The fraction of sp³-hybridized carbons (Fsp3) is 0.714. The van der Waals surface area contributed by atoms with E-state index in [1.807, 2.05) is 18.5 Å². The molecule has 0 radical (unpaired) electrons. The van der Waals surface area contributed by atoms with Gasteiger partial charge in [0, 0.05) is 36.8 Å². The molecule has 5 nitrogen and oxygen atoms in total. The van der Waals surface area contributed by atoms with E-state index in [-0.39, 0.29) is 6.04 Å². The van der Waals surface area contributed by atoms with Crippen molar-refractivity contribution in [2.45, 2.75) is 51.2 Å². The topological polar surface area (TPSA) is 63.1 Å². The number of sulfonamides is 1. The molecule has 1 atom stereocenters. The highest BCUT2D eigenvalue weighted by atomic mass is 32.2. The highest BCUT2D eigenvalue weighted by molar-refractivity contribution is 7.99. The Hall–Kier alpha value is -0.500. The van der Waals surface area contributed by atoms with Gasteiger partial charge in [0.2, 0.25) is 10.0 Å². The first-order chi connectivity index (χ1) is 9.94. The first-order valence-corrected chi connectivity index (χ1v) is 10.0. The van der Waals surface area contributed by atoms with Gasteiger partial charge >= 0.3 is 0 Å². The van der Waals surface area contributed by atoms with Gasteiger partial charge in [0.15, 0.2) is 0 Å². The van der Waals surface area contributed by atoms with Crippen molar-refractivity contribution >= 4 is 21.8 Å². The molecular formula is C14H27N3O2S2. The molecule has 0 aliphatic carbocycles. The third kappa shape index (κ3) is 5.65. The molecule has 0 amide bonds. The number of nitrogens with one attached hydrogen (secondary N) is 2. The van der Waals surface area contributed by atoms with Crippen molar-refractivity contribution in [1.82, 2.24) is 14.6 Å². The van der Waals surface area contributed by atoms with E-state index in [1.165, 1.54) is 0 Å². The highest BCUT2D eigenvalue weighted by Gasteiger charge is 2.20. The molecule has 0 saturated carbocycles. The van der Waals surface area contributed by atoms with Gasteiger partial charge in [-0.05, 0) is 32.2 Å². The summed E-state index contributed by atoms with van der Waals surface area (Å²) < 4.78 is 29.6. The minimum atomic E-state index is -3.44. The predicted molar refractivity (Wildman–Crippen MR) is 90.3 cm³/mol. The van der Waals surface area contributed by atoms with Crippen molar-refractivity contribution < 1.29 is 8.42 Å². The molecule has 7 heteroatoms. The summed E-state index contributed by atoms with van der Waals surface area (Å²) in [5.74, 6) is 1.78. The summed E-state index contributed by atoms with van der Waals surface area (Å²) in [4.78, 5) is 0.356. The van der Waals surface area contributed by atoms with E-state index in [0.717, 1.165) is 30.2 Å². The number of aromatic nitrogens is 1. The maximum Gasteiger partial charge on any atom is 0.242 e. The van der Waals surface area contributed by atoms with Gasteiger partial charge in [-0.1, -0.05) is 13.8 Å². The number of hydrogen-bond acceptors (Lipinski definition) is 4. The molecule has 1 aromatic heterocycles. The molecule has 0 saturated heterocycles. The largest absolute Gasteiger partial charge is 0.349 e. The Bertz CT molecular complexity index is 503. The Balaban J connectivity index is 2.89. The van der Waals surface area contributed by atoms with Crippen LogP contribution >= 0.6 is 11.8 Å². The normalized spacial score (nSPS) is 13.5. The summed E-state index contributed by atoms with van der Waals surface area (Å²) >= 11 is 1.73. The van der Waals surface area contributed by atoms with Crippen LogP contribution in [0.2, 0.25) is 0 Å². The SMILES string of the molecule is CCCn1cc(S(=O)(=O)NC(C)CSCC)cc1CNC. The average Bonchev–Trinajstić information content (AvgIpc) is 2.81. The number of nitrogens with zero attached hydrogens (tertiary/aromatic N) is 1. The standard InChI is InChI=1S/C14H27N3O2S2/c1-5-7-17-10-14(8-13(17)9-15-4)21(18,19)16-12(3)11-20-6-2/h8,10,12,15-16H,5-7,9,11H2,1-4H3. The second-order valence-corrected chi connectivity index (χ2v) is 8.11. The number of thioether (sulfide) groups is 1. The first kappa shape index (κ1) is 18.5. The van der Waals surface area contributed by atoms with Crippen LogP contribution < -0.4 is 10.0 Å². The van der Waals surface area contributed by atoms with Crippen molar-refractivity contribution in [3.05, 3.63) is 18.0 Å². The lowest BCUT2D eigenvalue weighted by Gasteiger charge is -2.12. The quantitative estimate of drug-likeness (QED) is 0.688. The smallest absolute Gasteiger partial charge is 0.242 e. The Morgan fingerprint density at radius 3 is 2.67 bits per heavy atom. The average molecular weight is 334 g/mol. The number of rotatable bonds is 10. The zero-order chi connectivity index (χ0) is 15.9. The second-order valence-electron chi connectivity index (χ2n) is 5.07. The minimum absolute atomic E-state index is 0.0674. The number of hydrogen-bond donors (Lipinski definition) is 2. The van der Waals surface area contributed by atoms with Gasteiger partial charge in [-0.3, -0.25) is 0 Å². The van der Waals surface area contributed by atoms with Gasteiger partial charge in [-0.25, -0.2) is 13.1 Å². The second kappa shape index (κ2) is 8.82. The molecule has 1 unspecified atom stereocenters. The third-order valence-electron chi connectivity index (χ3n) is 3.02. The molecule has 1 aromatic rings. The molecule has 1 rings (SSSR count). The molecule has 2 N–H and O–H groups in total. The zero-order valence-electron chi connectivity index (χ0n) is 13.3. The molecule has 0 aromatic carbocycles. The van der Waals surface area contributed by atoms with Gasteiger partial charge in [-0.15, -0.1) is 0 Å². The predicted octanol–water partition coefficient (Wildman–Crippen LogP) is 2.04. The highest BCUT2D eigenvalue weighted by Crippen LogP contribution is 2.16. The van der Waals surface area contributed by atoms with E-state index in [9.17, 15) is 8.42 Å². The van der Waals surface area contributed by atoms with E-state index in [2.05, 4.69) is 23.9 Å². The molecule has 0 aliphatic heterocycles. The summed E-state index contributed by atoms with van der Waals surface area (Å²) in [6.45, 7) is 7.54. The van der Waals surface area contributed by atoms with Crippen LogP contribution in [0.3, 0.4) is 0 Å². The van der Waals surface area contributed by atoms with E-state index < -0.39 is 10.0 Å². The van der Waals surface area contributed by atoms with Gasteiger partial charge in [-0.2, -0.15) is 11.8 Å². The van der Waals surface area contributed by atoms with Crippen LogP contribution in [-0.2, 0) is 23.1 Å². The molecule has 0 spiro atoms. The molecule has 0 aliphatic rings. The first-order valence-electron chi connectivity index (χ1n) is 7.38. The van der Waals surface area contributed by atoms with E-state index in [1.54, 1.807) is 24.0 Å². The van der Waals surface area contributed by atoms with Crippen molar-refractivity contribution in [1.29, 1.82) is 0 Å². The van der Waals surface area contributed by atoms with Crippen LogP contribution in [0.1, 0.15) is 32.9 Å². The monoisotopic (exact) mass is 333 g/mol. The molecule has 1 heterocycles. The van der Waals surface area contributed by atoms with Crippen molar-refractivity contribution in [3.63, 3.8) is 0 Å². The summed E-state index contributed by atoms with van der Waals surface area (Å²) in [6.07, 6.45) is 2.71. The van der Waals surface area contributed by atoms with Gasteiger partial charge in [0.1, 0.15) is 0 Å². The molecule has 21 heavy (non-hydrogen) atoms. The minimum Gasteiger partial charge on any atom is -0.349 e. The summed E-state index contributed by atoms with van der Waals surface area (Å²) in [5, 5.41) is 3.08. The Morgan fingerprint density at radius 2 is 2.10 bits per heavy atom. The number of aryl methyl sites for hydroxylation is 1. The van der Waals surface area contributed by atoms with Crippen LogP contribution in [0.25, 0.3) is 0 Å². The third-order valence-corrected chi connectivity index (χ3v) is 5.72. The lowest BCUT2D eigenvalue weighted by molar-refractivity contribution is 0.570. The van der Waals surface area contributed by atoms with Gasteiger partial charge in [0.05, 0.1) is 4.90 Å². The van der Waals surface area contributed by atoms with Gasteiger partial charge in [0.25, 0.3) is 0 Å². The lowest BCUT2D eigenvalue weighted by Crippen LogP contribution is -2.34. The van der Waals surface area contributed by atoms with Crippen molar-refractivity contribution in [2.24, 2.45) is 0 Å². The Labute approximate surface area is 132 Å². The van der Waals surface area contributed by atoms with Crippen LogP contribution in [0.15, 0.2) is 17.2 Å². The van der Waals surface area contributed by atoms with Crippen LogP contribution in [-0.4, -0.2) is 37.6 Å². The fourth-order valence-electron chi connectivity index (χ4n) is 2.11. The summed E-state index contributed by atoms with van der Waals surface area (Å²) in [6, 6.07) is 1.69. The Morgan fingerprint density at radius 1 is 1.38 bits per heavy atom. The van der Waals surface area contributed by atoms with Crippen molar-refractivity contribution in [2.75, 3.05) is 18.6 Å². The maximum atomic E-state index is 12.4. The molecule has 0 fully saturated rings. The fourth-order valence-corrected chi connectivity index (χ4v) is 4.20. The van der Waals surface area contributed by atoms with Crippen LogP contribution in [0, 0.1) is 0 Å².